The van der Waals surface area contributed by atoms with E-state index in [2.05, 4.69) is 40.7 Å². The molecule has 0 aromatic rings. The summed E-state index contributed by atoms with van der Waals surface area (Å²) >= 11 is 0. The molecule has 1 nitrogen and oxygen atoms in total. The highest BCUT2D eigenvalue weighted by Gasteiger charge is 2.59. The molecule has 4 aliphatic carbocycles. The highest BCUT2D eigenvalue weighted by Crippen LogP contribution is 2.67. The van der Waals surface area contributed by atoms with Crippen LogP contribution in [0.25, 0.3) is 0 Å². The van der Waals surface area contributed by atoms with E-state index in [-0.39, 0.29) is 6.10 Å². The number of hydrogen-bond acceptors (Lipinski definition) is 1. The molecule has 160 valence electrons. The van der Waals surface area contributed by atoms with E-state index in [1.165, 1.54) is 57.8 Å². The number of rotatable bonds is 5. The van der Waals surface area contributed by atoms with Crippen LogP contribution >= 0.6 is 0 Å². The summed E-state index contributed by atoms with van der Waals surface area (Å²) in [6.45, 7) is 12.6. The maximum absolute atomic E-state index is 10.2. The van der Waals surface area contributed by atoms with E-state index in [1.54, 1.807) is 5.57 Å². The van der Waals surface area contributed by atoms with Crippen molar-refractivity contribution in [3.05, 3.63) is 11.6 Å². The molecular weight excluding hydrogens is 340 g/mol. The van der Waals surface area contributed by atoms with Gasteiger partial charge in [0, 0.05) is 0 Å². The summed E-state index contributed by atoms with van der Waals surface area (Å²) in [4.78, 5) is 0. The predicted molar refractivity (Wildman–Crippen MR) is 119 cm³/mol. The Morgan fingerprint density at radius 1 is 1.00 bits per heavy atom. The van der Waals surface area contributed by atoms with Crippen LogP contribution in [0.4, 0.5) is 0 Å². The average Bonchev–Trinajstić information content (AvgIpc) is 2.99. The molecule has 8 atom stereocenters. The zero-order valence-electron chi connectivity index (χ0n) is 19.3. The fourth-order valence-electron chi connectivity index (χ4n) is 8.67. The normalized spacial score (nSPS) is 46.5. The molecule has 1 unspecified atom stereocenters. The largest absolute Gasteiger partial charge is 0.393 e. The average molecular weight is 387 g/mol. The molecule has 0 bridgehead atoms. The standard InChI is InChI=1S/C27H46O/c1-18(2)7-6-8-19(3)23-11-12-24-22-10-9-20-17-21(28)13-15-26(20,4)25(22)14-16-27(23,24)5/h9,18-19,21-25,28H,6-8,10-17H2,1-5H3/t19-,21+,22+,23?,24-,25+,26+,27-/m1/s1. The van der Waals surface area contributed by atoms with Gasteiger partial charge in [0.2, 0.25) is 0 Å². The molecule has 28 heavy (non-hydrogen) atoms. The number of hydrogen-bond donors (Lipinski definition) is 1. The van der Waals surface area contributed by atoms with Gasteiger partial charge in [0.05, 0.1) is 6.10 Å². The first-order chi connectivity index (χ1) is 13.3. The van der Waals surface area contributed by atoms with Crippen LogP contribution in [0.5, 0.6) is 0 Å². The number of aliphatic hydroxyl groups excluding tert-OH is 1. The van der Waals surface area contributed by atoms with Gasteiger partial charge in [-0.15, -0.1) is 0 Å². The molecule has 0 spiro atoms. The predicted octanol–water partition coefficient (Wildman–Crippen LogP) is 7.39. The molecule has 4 rings (SSSR count). The highest BCUT2D eigenvalue weighted by atomic mass is 16.3. The number of aliphatic hydroxyl groups is 1. The quantitative estimate of drug-likeness (QED) is 0.488. The summed E-state index contributed by atoms with van der Waals surface area (Å²) in [6.07, 6.45) is 17.2. The SMILES string of the molecule is CC(C)CCC[C@@H](C)C1CC[C@@H]2[C@@H]3CC=C4C[C@@H](O)CC[C@]4(C)[C@H]3CC[C@]12C. The van der Waals surface area contributed by atoms with E-state index in [9.17, 15) is 5.11 Å². The van der Waals surface area contributed by atoms with Crippen molar-refractivity contribution in [2.45, 2.75) is 111 Å². The third-order valence-corrected chi connectivity index (χ3v) is 10.3. The van der Waals surface area contributed by atoms with Crippen LogP contribution in [0.15, 0.2) is 11.6 Å². The molecule has 0 amide bonds. The second kappa shape index (κ2) is 7.75. The Morgan fingerprint density at radius 3 is 2.54 bits per heavy atom. The number of allylic oxidation sites excluding steroid dienone is 1. The monoisotopic (exact) mass is 386 g/mol. The first-order valence-corrected chi connectivity index (χ1v) is 12.6. The van der Waals surface area contributed by atoms with Crippen LogP contribution in [0.3, 0.4) is 0 Å². The zero-order valence-corrected chi connectivity index (χ0v) is 19.3. The molecule has 1 heteroatoms. The summed E-state index contributed by atoms with van der Waals surface area (Å²) in [5.74, 6) is 5.46. The van der Waals surface area contributed by atoms with E-state index < -0.39 is 0 Å². The van der Waals surface area contributed by atoms with Crippen LogP contribution in [0.1, 0.15) is 105 Å². The molecule has 0 aromatic carbocycles. The van der Waals surface area contributed by atoms with Crippen LogP contribution in [-0.2, 0) is 0 Å². The molecular formula is C27H46O. The first-order valence-electron chi connectivity index (χ1n) is 12.6. The van der Waals surface area contributed by atoms with Crippen LogP contribution in [-0.4, -0.2) is 11.2 Å². The Morgan fingerprint density at radius 2 is 1.79 bits per heavy atom. The molecule has 1 N–H and O–H groups in total. The maximum atomic E-state index is 10.2. The van der Waals surface area contributed by atoms with E-state index >= 15 is 0 Å². The summed E-state index contributed by atoms with van der Waals surface area (Å²) < 4.78 is 0. The smallest absolute Gasteiger partial charge is 0.0577 e. The van der Waals surface area contributed by atoms with Crippen molar-refractivity contribution >= 4 is 0 Å². The van der Waals surface area contributed by atoms with Gasteiger partial charge in [-0.2, -0.15) is 0 Å². The van der Waals surface area contributed by atoms with Gasteiger partial charge in [-0.25, -0.2) is 0 Å². The van der Waals surface area contributed by atoms with Gasteiger partial charge in [0.1, 0.15) is 0 Å². The third-order valence-electron chi connectivity index (χ3n) is 10.3. The Hall–Kier alpha value is -0.300. The molecule has 3 fully saturated rings. The maximum Gasteiger partial charge on any atom is 0.0577 e. The molecule has 3 saturated carbocycles. The lowest BCUT2D eigenvalue weighted by molar-refractivity contribution is -0.0573. The van der Waals surface area contributed by atoms with Crippen molar-refractivity contribution in [3.8, 4) is 0 Å². The van der Waals surface area contributed by atoms with Crippen molar-refractivity contribution < 1.29 is 5.11 Å². The van der Waals surface area contributed by atoms with Crippen LogP contribution in [0.2, 0.25) is 0 Å². The minimum Gasteiger partial charge on any atom is -0.393 e. The Balaban J connectivity index is 1.49. The van der Waals surface area contributed by atoms with Gasteiger partial charge in [0.15, 0.2) is 0 Å². The third kappa shape index (κ3) is 3.42. The summed E-state index contributed by atoms with van der Waals surface area (Å²) in [7, 11) is 0. The molecule has 4 aliphatic rings. The Kier molecular flexibility index (Phi) is 5.80. The van der Waals surface area contributed by atoms with Crippen LogP contribution in [0, 0.1) is 46.3 Å². The first kappa shape index (κ1) is 21.0. The molecule has 0 aromatic heterocycles. The minimum atomic E-state index is -0.0766. The molecule has 0 saturated heterocycles. The fraction of sp³-hybridized carbons (Fsp3) is 0.926. The lowest BCUT2D eigenvalue weighted by atomic mass is 9.47. The fourth-order valence-corrected chi connectivity index (χ4v) is 8.67. The van der Waals surface area contributed by atoms with E-state index in [0.717, 1.165) is 48.3 Å². The van der Waals surface area contributed by atoms with Gasteiger partial charge in [0.25, 0.3) is 0 Å². The van der Waals surface area contributed by atoms with Crippen molar-refractivity contribution in [1.82, 2.24) is 0 Å². The Bertz CT molecular complexity index is 591. The minimum absolute atomic E-state index is 0.0766. The topological polar surface area (TPSA) is 20.2 Å². The lowest BCUT2D eigenvalue weighted by Gasteiger charge is -2.58. The van der Waals surface area contributed by atoms with Gasteiger partial charge in [-0.05, 0) is 97.7 Å². The van der Waals surface area contributed by atoms with Crippen molar-refractivity contribution in [2.75, 3.05) is 0 Å². The van der Waals surface area contributed by atoms with Crippen molar-refractivity contribution in [2.24, 2.45) is 46.3 Å². The molecule has 0 heterocycles. The highest BCUT2D eigenvalue weighted by molar-refractivity contribution is 5.25. The van der Waals surface area contributed by atoms with E-state index in [1.807, 2.05) is 0 Å². The van der Waals surface area contributed by atoms with Gasteiger partial charge in [-0.1, -0.05) is 65.5 Å². The molecule has 0 aliphatic heterocycles. The second-order valence-electron chi connectivity index (χ2n) is 12.2. The van der Waals surface area contributed by atoms with E-state index in [0.29, 0.717) is 10.8 Å². The van der Waals surface area contributed by atoms with Gasteiger partial charge in [-0.3, -0.25) is 0 Å². The summed E-state index contributed by atoms with van der Waals surface area (Å²) in [6, 6.07) is 0. The second-order valence-corrected chi connectivity index (χ2v) is 12.2. The van der Waals surface area contributed by atoms with Gasteiger partial charge >= 0.3 is 0 Å². The van der Waals surface area contributed by atoms with Crippen molar-refractivity contribution in [1.29, 1.82) is 0 Å². The summed E-state index contributed by atoms with van der Waals surface area (Å²) in [5.41, 5.74) is 2.60. The number of fused-ring (bicyclic) bond motifs is 5. The Labute approximate surface area is 174 Å². The summed E-state index contributed by atoms with van der Waals surface area (Å²) in [5, 5.41) is 10.2. The zero-order chi connectivity index (χ0) is 20.1. The molecule has 0 radical (unpaired) electrons. The van der Waals surface area contributed by atoms with Crippen molar-refractivity contribution in [3.63, 3.8) is 0 Å². The van der Waals surface area contributed by atoms with Crippen LogP contribution < -0.4 is 0 Å². The van der Waals surface area contributed by atoms with Gasteiger partial charge < -0.3 is 5.11 Å². The lowest BCUT2D eigenvalue weighted by Crippen LogP contribution is -2.50. The van der Waals surface area contributed by atoms with E-state index in [4.69, 9.17) is 0 Å².